The highest BCUT2D eigenvalue weighted by Crippen LogP contribution is 2.11. The van der Waals surface area contributed by atoms with Gasteiger partial charge in [-0.15, -0.1) is 0 Å². The van der Waals surface area contributed by atoms with Crippen molar-refractivity contribution in [3.05, 3.63) is 23.5 Å². The van der Waals surface area contributed by atoms with E-state index in [2.05, 4.69) is 4.99 Å². The van der Waals surface area contributed by atoms with Gasteiger partial charge in [-0.05, 0) is 19.1 Å². The quantitative estimate of drug-likeness (QED) is 0.460. The summed E-state index contributed by atoms with van der Waals surface area (Å²) in [5.41, 5.74) is -0.0395. The number of carbonyl (C=O) groups is 1. The maximum absolute atomic E-state index is 11.8. The summed E-state index contributed by atoms with van der Waals surface area (Å²) in [6, 6.07) is 5.03. The molecule has 1 aromatic heterocycles. The van der Waals surface area contributed by atoms with Crippen molar-refractivity contribution in [3.63, 3.8) is 0 Å². The summed E-state index contributed by atoms with van der Waals surface area (Å²) < 4.78 is 11.5. The van der Waals surface area contributed by atoms with Gasteiger partial charge >= 0.3 is 5.97 Å². The van der Waals surface area contributed by atoms with Gasteiger partial charge in [0, 0.05) is 12.1 Å². The second kappa shape index (κ2) is 7.50. The van der Waals surface area contributed by atoms with Crippen molar-refractivity contribution in [2.24, 2.45) is 4.99 Å². The highest BCUT2D eigenvalue weighted by Gasteiger charge is 2.15. The molecule has 0 aliphatic rings. The van der Waals surface area contributed by atoms with Crippen LogP contribution < -0.4 is 5.11 Å². The Bertz CT molecular complexity index is 591. The average molecular weight is 306 g/mol. The number of nitriles is 1. The molecule has 22 heavy (non-hydrogen) atoms. The smallest absolute Gasteiger partial charge is 0.354 e. The average Bonchev–Trinajstić information content (AvgIpc) is 2.80. The zero-order valence-corrected chi connectivity index (χ0v) is 13.3. The van der Waals surface area contributed by atoms with E-state index in [1.54, 1.807) is 27.7 Å². The molecule has 0 N–H and O–H groups in total. The Morgan fingerprint density at radius 3 is 2.68 bits per heavy atom. The summed E-state index contributed by atoms with van der Waals surface area (Å²) in [7, 11) is 0. The number of aromatic nitrogens is 1. The van der Waals surface area contributed by atoms with Crippen LogP contribution in [-0.2, 0) is 16.0 Å². The van der Waals surface area contributed by atoms with E-state index in [4.69, 9.17) is 14.7 Å². The zero-order valence-electron chi connectivity index (χ0n) is 13.3. The van der Waals surface area contributed by atoms with Gasteiger partial charge in [-0.2, -0.15) is 5.26 Å². The van der Waals surface area contributed by atoms with Gasteiger partial charge in [0.1, 0.15) is 23.5 Å². The Hall–Kier alpha value is -2.49. The third kappa shape index (κ3) is 5.13. The molecule has 1 heterocycles. The van der Waals surface area contributed by atoms with Gasteiger partial charge in [-0.25, -0.2) is 4.79 Å². The van der Waals surface area contributed by atoms with E-state index in [0.29, 0.717) is 5.69 Å². The Kier molecular flexibility index (Phi) is 5.99. The Labute approximate surface area is 129 Å². The maximum Gasteiger partial charge on any atom is 0.354 e. The van der Waals surface area contributed by atoms with E-state index in [1.807, 2.05) is 6.07 Å². The molecule has 0 aliphatic heterocycles. The Morgan fingerprint density at radius 1 is 1.45 bits per heavy atom. The van der Waals surface area contributed by atoms with Crippen molar-refractivity contribution in [1.82, 2.24) is 4.57 Å². The predicted octanol–water partition coefficient (Wildman–Crippen LogP) is 1.07. The molecule has 0 aliphatic carbocycles. The van der Waals surface area contributed by atoms with Gasteiger partial charge in [-0.1, -0.05) is 20.8 Å². The summed E-state index contributed by atoms with van der Waals surface area (Å²) in [4.78, 5) is 15.6. The van der Waals surface area contributed by atoms with Crippen LogP contribution >= 0.6 is 0 Å². The molecule has 0 bridgehead atoms. The molecular formula is C15H20N3O4-. The largest absolute Gasteiger partial charge is 0.595 e. The maximum atomic E-state index is 11.8. The molecule has 0 atom stereocenters. The van der Waals surface area contributed by atoms with Gasteiger partial charge in [0.05, 0.1) is 13.2 Å². The highest BCUT2D eigenvalue weighted by atomic mass is 16.6. The lowest BCUT2D eigenvalue weighted by Crippen LogP contribution is -2.32. The van der Waals surface area contributed by atoms with Crippen molar-refractivity contribution in [1.29, 1.82) is 5.26 Å². The first-order valence-corrected chi connectivity index (χ1v) is 6.95. The number of hydrogen-bond acceptors (Lipinski definition) is 6. The molecule has 0 radical (unpaired) electrons. The van der Waals surface area contributed by atoms with E-state index in [9.17, 15) is 9.90 Å². The first kappa shape index (κ1) is 17.6. The molecule has 7 heteroatoms. The van der Waals surface area contributed by atoms with Crippen LogP contribution in [0, 0.1) is 11.3 Å². The van der Waals surface area contributed by atoms with E-state index >= 15 is 0 Å². The molecule has 1 aromatic rings. The number of aliphatic imine (C=N–C) groups is 1. The van der Waals surface area contributed by atoms with Crippen LogP contribution in [0.5, 0.6) is 0 Å². The van der Waals surface area contributed by atoms with Crippen LogP contribution in [-0.4, -0.2) is 35.4 Å². The summed E-state index contributed by atoms with van der Waals surface area (Å²) >= 11 is 0. The lowest BCUT2D eigenvalue weighted by Gasteiger charge is -2.29. The summed E-state index contributed by atoms with van der Waals surface area (Å²) in [5, 5.41) is 20.6. The third-order valence-corrected chi connectivity index (χ3v) is 2.54. The van der Waals surface area contributed by atoms with Crippen LogP contribution in [0.2, 0.25) is 0 Å². The minimum absolute atomic E-state index is 0.102. The van der Waals surface area contributed by atoms with Crippen LogP contribution in [0.15, 0.2) is 17.1 Å². The number of carbonyl (C=O) groups excluding carboxylic acids is 1. The standard InChI is InChI=1S/C15H21N3O4/c1-5-21-13(19)12-7-6-11(10-16)18(12)9-8-17-14(20)22-15(2,3)4/h6-7H,5,8-9H2,1-4H3,(H,17,20)/p-1. The SMILES string of the molecule is CCOC(=O)c1ccc(C#N)n1CCN=C([O-])OC(C)(C)C. The fourth-order valence-electron chi connectivity index (χ4n) is 1.72. The summed E-state index contributed by atoms with van der Waals surface area (Å²) in [5.74, 6) is -0.513. The fourth-order valence-corrected chi connectivity index (χ4v) is 1.72. The molecular weight excluding hydrogens is 286 g/mol. The van der Waals surface area contributed by atoms with Gasteiger partial charge in [-0.3, -0.25) is 4.99 Å². The van der Waals surface area contributed by atoms with Crippen LogP contribution in [0.3, 0.4) is 0 Å². The molecule has 0 spiro atoms. The van der Waals surface area contributed by atoms with Crippen molar-refractivity contribution in [2.45, 2.75) is 39.8 Å². The molecule has 0 amide bonds. The molecule has 0 fully saturated rings. The fraction of sp³-hybridized carbons (Fsp3) is 0.533. The molecule has 0 unspecified atom stereocenters. The normalized spacial score (nSPS) is 11.9. The predicted molar refractivity (Wildman–Crippen MR) is 78.2 cm³/mol. The minimum Gasteiger partial charge on any atom is -0.595 e. The number of esters is 1. The van der Waals surface area contributed by atoms with Crippen molar-refractivity contribution in [3.8, 4) is 6.07 Å². The summed E-state index contributed by atoms with van der Waals surface area (Å²) in [6.07, 6.45) is -0.671. The van der Waals surface area contributed by atoms with Crippen molar-refractivity contribution in [2.75, 3.05) is 13.2 Å². The molecule has 0 saturated carbocycles. The van der Waals surface area contributed by atoms with E-state index in [0.717, 1.165) is 0 Å². The number of hydrogen-bond donors (Lipinski definition) is 0. The van der Waals surface area contributed by atoms with Gasteiger partial charge < -0.3 is 19.1 Å². The van der Waals surface area contributed by atoms with Gasteiger partial charge in [0.15, 0.2) is 0 Å². The molecule has 0 aromatic carbocycles. The van der Waals surface area contributed by atoms with E-state index in [-0.39, 0.29) is 25.4 Å². The third-order valence-electron chi connectivity index (χ3n) is 2.54. The second-order valence-corrected chi connectivity index (χ2v) is 5.45. The topological polar surface area (TPSA) is 99.7 Å². The lowest BCUT2D eigenvalue weighted by atomic mass is 10.2. The zero-order chi connectivity index (χ0) is 16.8. The monoisotopic (exact) mass is 306 g/mol. The van der Waals surface area contributed by atoms with Crippen LogP contribution in [0.1, 0.15) is 43.9 Å². The van der Waals surface area contributed by atoms with Gasteiger partial charge in [0.2, 0.25) is 0 Å². The number of rotatable bonds is 5. The van der Waals surface area contributed by atoms with Crippen molar-refractivity contribution < 1.29 is 19.4 Å². The molecule has 0 saturated heterocycles. The number of nitrogens with zero attached hydrogens (tertiary/aromatic N) is 3. The lowest BCUT2D eigenvalue weighted by molar-refractivity contribution is -0.260. The van der Waals surface area contributed by atoms with Gasteiger partial charge in [0.25, 0.3) is 0 Å². The molecule has 120 valence electrons. The van der Waals surface area contributed by atoms with E-state index in [1.165, 1.54) is 16.7 Å². The summed E-state index contributed by atoms with van der Waals surface area (Å²) in [6.45, 7) is 7.51. The first-order valence-electron chi connectivity index (χ1n) is 6.95. The second-order valence-electron chi connectivity index (χ2n) is 5.45. The van der Waals surface area contributed by atoms with Crippen LogP contribution in [0.4, 0.5) is 0 Å². The molecule has 7 nitrogen and oxygen atoms in total. The Morgan fingerprint density at radius 2 is 2.14 bits per heavy atom. The minimum atomic E-state index is -0.671. The first-order chi connectivity index (χ1) is 10.3. The Balaban J connectivity index is 2.81. The van der Waals surface area contributed by atoms with Crippen molar-refractivity contribution >= 4 is 12.1 Å². The van der Waals surface area contributed by atoms with Crippen LogP contribution in [0.25, 0.3) is 0 Å². The molecule has 1 rings (SSSR count). The number of ether oxygens (including phenoxy) is 2. The highest BCUT2D eigenvalue weighted by molar-refractivity contribution is 5.88. The van der Waals surface area contributed by atoms with E-state index < -0.39 is 17.7 Å².